The second-order valence-corrected chi connectivity index (χ2v) is 7.59. The number of ether oxygens (including phenoxy) is 1. The summed E-state index contributed by atoms with van der Waals surface area (Å²) in [4.78, 5) is 7.23. The van der Waals surface area contributed by atoms with E-state index in [0.29, 0.717) is 0 Å². The fraction of sp³-hybridized carbons (Fsp3) is 0.348. The zero-order valence-electron chi connectivity index (χ0n) is 16.0. The van der Waals surface area contributed by atoms with Crippen LogP contribution in [-0.4, -0.2) is 49.3 Å². The molecule has 0 unspecified atom stereocenters. The maximum atomic E-state index is 6.44. The van der Waals surface area contributed by atoms with Gasteiger partial charge in [0.25, 0.3) is 0 Å². The Morgan fingerprint density at radius 3 is 2.64 bits per heavy atom. The van der Waals surface area contributed by atoms with E-state index in [9.17, 15) is 0 Å². The lowest BCUT2D eigenvalue weighted by molar-refractivity contribution is 0.0374. The fourth-order valence-electron chi connectivity index (χ4n) is 3.56. The zero-order valence-corrected chi connectivity index (χ0v) is 16.8. The summed E-state index contributed by atoms with van der Waals surface area (Å²) in [5.41, 5.74) is 4.20. The molecule has 1 saturated heterocycles. The lowest BCUT2D eigenvalue weighted by Gasteiger charge is -2.26. The number of hydrogen-bond donors (Lipinski definition) is 1. The molecule has 0 spiro atoms. The van der Waals surface area contributed by atoms with E-state index < -0.39 is 0 Å². The molecule has 1 N–H and O–H groups in total. The number of aromatic nitrogens is 1. The van der Waals surface area contributed by atoms with Crippen molar-refractivity contribution in [3.05, 3.63) is 65.2 Å². The van der Waals surface area contributed by atoms with Crippen LogP contribution in [0.15, 0.2) is 54.6 Å². The van der Waals surface area contributed by atoms with Crippen molar-refractivity contribution in [1.82, 2.24) is 15.2 Å². The average Bonchev–Trinajstić information content (AvgIpc) is 2.75. The van der Waals surface area contributed by atoms with Crippen molar-refractivity contribution in [3.8, 4) is 11.3 Å². The summed E-state index contributed by atoms with van der Waals surface area (Å²) in [6.45, 7) is 6.93. The Bertz CT molecular complexity index is 907. The van der Waals surface area contributed by atoms with Crippen LogP contribution in [0.1, 0.15) is 12.0 Å². The second kappa shape index (κ2) is 9.48. The SMILES string of the molecule is Clc1cc(-c2ccc(CNCCCN3CCOCC3)cc2)nc2ccccc12. The summed E-state index contributed by atoms with van der Waals surface area (Å²) >= 11 is 6.44. The van der Waals surface area contributed by atoms with E-state index in [2.05, 4.69) is 34.5 Å². The van der Waals surface area contributed by atoms with Crippen molar-refractivity contribution in [3.63, 3.8) is 0 Å². The topological polar surface area (TPSA) is 37.4 Å². The number of nitrogens with one attached hydrogen (secondary N) is 1. The molecule has 28 heavy (non-hydrogen) atoms. The number of hydrogen-bond acceptors (Lipinski definition) is 4. The van der Waals surface area contributed by atoms with Gasteiger partial charge in [-0.1, -0.05) is 54.1 Å². The molecule has 0 saturated carbocycles. The highest BCUT2D eigenvalue weighted by atomic mass is 35.5. The lowest BCUT2D eigenvalue weighted by Crippen LogP contribution is -2.37. The lowest BCUT2D eigenvalue weighted by atomic mass is 10.1. The fourth-order valence-corrected chi connectivity index (χ4v) is 3.82. The van der Waals surface area contributed by atoms with Crippen LogP contribution in [0.4, 0.5) is 0 Å². The number of nitrogens with zero attached hydrogens (tertiary/aromatic N) is 2. The van der Waals surface area contributed by atoms with Crippen molar-refractivity contribution in [2.24, 2.45) is 0 Å². The summed E-state index contributed by atoms with van der Waals surface area (Å²) in [5.74, 6) is 0. The first-order chi connectivity index (χ1) is 13.8. The third-order valence-electron chi connectivity index (χ3n) is 5.18. The van der Waals surface area contributed by atoms with Gasteiger partial charge in [-0.25, -0.2) is 4.98 Å². The van der Waals surface area contributed by atoms with Crippen LogP contribution in [0.3, 0.4) is 0 Å². The first kappa shape index (κ1) is 19.3. The number of pyridine rings is 1. The minimum Gasteiger partial charge on any atom is -0.379 e. The Kier molecular flexibility index (Phi) is 6.55. The summed E-state index contributed by atoms with van der Waals surface area (Å²) in [7, 11) is 0. The molecule has 3 aromatic rings. The largest absolute Gasteiger partial charge is 0.379 e. The van der Waals surface area contributed by atoms with E-state index >= 15 is 0 Å². The predicted octanol–water partition coefficient (Wildman–Crippen LogP) is 4.37. The van der Waals surface area contributed by atoms with Crippen LogP contribution < -0.4 is 5.32 Å². The Morgan fingerprint density at radius 1 is 1.04 bits per heavy atom. The molecule has 0 radical (unpaired) electrons. The van der Waals surface area contributed by atoms with Gasteiger partial charge in [-0.15, -0.1) is 0 Å². The molecule has 146 valence electrons. The smallest absolute Gasteiger partial charge is 0.0724 e. The van der Waals surface area contributed by atoms with Gasteiger partial charge >= 0.3 is 0 Å². The third kappa shape index (κ3) is 4.89. The Morgan fingerprint density at radius 2 is 1.82 bits per heavy atom. The van der Waals surface area contributed by atoms with Gasteiger partial charge in [-0.3, -0.25) is 4.90 Å². The van der Waals surface area contributed by atoms with Crippen molar-refractivity contribution < 1.29 is 4.74 Å². The number of morpholine rings is 1. The standard InChI is InChI=1S/C23H26ClN3O/c24-21-16-23(26-22-5-2-1-4-20(21)22)19-8-6-18(7-9-19)17-25-10-3-11-27-12-14-28-15-13-27/h1-2,4-9,16,25H,3,10-15,17H2. The van der Waals surface area contributed by atoms with E-state index in [1.807, 2.05) is 30.3 Å². The molecular formula is C23H26ClN3O. The molecule has 0 amide bonds. The Hall–Kier alpha value is -1.98. The molecular weight excluding hydrogens is 370 g/mol. The van der Waals surface area contributed by atoms with Gasteiger partial charge < -0.3 is 10.1 Å². The Balaban J connectivity index is 1.30. The highest BCUT2D eigenvalue weighted by molar-refractivity contribution is 6.35. The molecule has 1 aliphatic rings. The van der Waals surface area contributed by atoms with Crippen molar-refractivity contribution in [2.45, 2.75) is 13.0 Å². The minimum absolute atomic E-state index is 0.742. The summed E-state index contributed by atoms with van der Waals surface area (Å²) in [6.07, 6.45) is 1.16. The van der Waals surface area contributed by atoms with Crippen molar-refractivity contribution in [1.29, 1.82) is 0 Å². The number of para-hydroxylation sites is 1. The maximum Gasteiger partial charge on any atom is 0.0724 e. The highest BCUT2D eigenvalue weighted by Gasteiger charge is 2.09. The van der Waals surface area contributed by atoms with Crippen LogP contribution in [-0.2, 0) is 11.3 Å². The molecule has 1 aliphatic heterocycles. The van der Waals surface area contributed by atoms with Crippen LogP contribution >= 0.6 is 11.6 Å². The number of benzene rings is 2. The second-order valence-electron chi connectivity index (χ2n) is 7.19. The molecule has 1 fully saturated rings. The molecule has 0 bridgehead atoms. The number of rotatable bonds is 7. The first-order valence-corrected chi connectivity index (χ1v) is 10.3. The average molecular weight is 396 g/mol. The van der Waals surface area contributed by atoms with Gasteiger partial charge in [0.15, 0.2) is 0 Å². The monoisotopic (exact) mass is 395 g/mol. The molecule has 5 heteroatoms. The first-order valence-electron chi connectivity index (χ1n) is 9.95. The van der Waals surface area contributed by atoms with Gasteiger partial charge in [0.1, 0.15) is 0 Å². The van der Waals surface area contributed by atoms with E-state index in [0.717, 1.165) is 79.5 Å². The van der Waals surface area contributed by atoms with Gasteiger partial charge in [-0.05, 0) is 37.2 Å². The maximum absolute atomic E-state index is 6.44. The molecule has 0 atom stereocenters. The molecule has 1 aromatic heterocycles. The summed E-state index contributed by atoms with van der Waals surface area (Å²) in [6, 6.07) is 18.5. The van der Waals surface area contributed by atoms with Gasteiger partial charge in [0.2, 0.25) is 0 Å². The molecule has 2 heterocycles. The van der Waals surface area contributed by atoms with Crippen molar-refractivity contribution in [2.75, 3.05) is 39.4 Å². The number of halogens is 1. The molecule has 0 aliphatic carbocycles. The highest BCUT2D eigenvalue weighted by Crippen LogP contribution is 2.28. The van der Waals surface area contributed by atoms with E-state index in [4.69, 9.17) is 21.3 Å². The van der Waals surface area contributed by atoms with Crippen LogP contribution in [0.5, 0.6) is 0 Å². The predicted molar refractivity (Wildman–Crippen MR) is 116 cm³/mol. The normalized spacial score (nSPS) is 15.2. The molecule has 4 nitrogen and oxygen atoms in total. The van der Waals surface area contributed by atoms with Gasteiger partial charge in [-0.2, -0.15) is 0 Å². The summed E-state index contributed by atoms with van der Waals surface area (Å²) < 4.78 is 5.39. The quantitative estimate of drug-likeness (QED) is 0.603. The van der Waals surface area contributed by atoms with Crippen molar-refractivity contribution >= 4 is 22.5 Å². The third-order valence-corrected chi connectivity index (χ3v) is 5.49. The minimum atomic E-state index is 0.742. The van der Waals surface area contributed by atoms with E-state index in [-0.39, 0.29) is 0 Å². The number of fused-ring (bicyclic) bond motifs is 1. The molecule has 2 aromatic carbocycles. The van der Waals surface area contributed by atoms with Gasteiger partial charge in [0.05, 0.1) is 29.4 Å². The Labute approximate surface area is 171 Å². The summed E-state index contributed by atoms with van der Waals surface area (Å²) in [5, 5.41) is 5.27. The zero-order chi connectivity index (χ0) is 19.2. The molecule has 4 rings (SSSR count). The van der Waals surface area contributed by atoms with Crippen LogP contribution in [0.25, 0.3) is 22.2 Å². The van der Waals surface area contributed by atoms with Crippen LogP contribution in [0, 0.1) is 0 Å². The van der Waals surface area contributed by atoms with Crippen LogP contribution in [0.2, 0.25) is 5.02 Å². The van der Waals surface area contributed by atoms with E-state index in [1.54, 1.807) is 0 Å². The van der Waals surface area contributed by atoms with Gasteiger partial charge in [0, 0.05) is 30.6 Å². The van der Waals surface area contributed by atoms with E-state index in [1.165, 1.54) is 5.56 Å².